The largest absolute Gasteiger partial charge is 0.369 e. The van der Waals surface area contributed by atoms with Crippen molar-refractivity contribution in [3.8, 4) is 6.07 Å². The van der Waals surface area contributed by atoms with Crippen LogP contribution in [0.5, 0.6) is 0 Å². The third-order valence-electron chi connectivity index (χ3n) is 2.60. The van der Waals surface area contributed by atoms with E-state index in [9.17, 15) is 4.79 Å². The molecule has 18 heavy (non-hydrogen) atoms. The maximum atomic E-state index is 11.0. The van der Waals surface area contributed by atoms with Crippen LogP contribution >= 0.6 is 0 Å². The van der Waals surface area contributed by atoms with Crippen molar-refractivity contribution in [2.75, 3.05) is 13.1 Å². The number of rotatable bonds is 7. The molecule has 0 radical (unpaired) electrons. The Morgan fingerprint density at radius 1 is 1.61 bits per heavy atom. The van der Waals surface area contributed by atoms with Crippen LogP contribution in [-0.4, -0.2) is 28.9 Å². The van der Waals surface area contributed by atoms with E-state index in [2.05, 4.69) is 18.0 Å². The first-order valence-corrected chi connectivity index (χ1v) is 6.02. The van der Waals surface area contributed by atoms with Crippen LogP contribution in [0.25, 0.3) is 0 Å². The fraction of sp³-hybridized carbons (Fsp3) is 0.462. The Labute approximate surface area is 107 Å². The van der Waals surface area contributed by atoms with E-state index in [4.69, 9.17) is 11.0 Å². The average Bonchev–Trinajstić information content (AvgIpc) is 2.36. The van der Waals surface area contributed by atoms with Crippen molar-refractivity contribution in [2.24, 2.45) is 5.73 Å². The average molecular weight is 246 g/mol. The molecule has 0 spiro atoms. The molecule has 1 aromatic rings. The Kier molecular flexibility index (Phi) is 5.81. The summed E-state index contributed by atoms with van der Waals surface area (Å²) in [6.07, 6.45) is 3.63. The van der Waals surface area contributed by atoms with Crippen molar-refractivity contribution in [1.29, 1.82) is 5.26 Å². The number of carbonyl (C=O) groups is 1. The predicted octanol–water partition coefficient (Wildman–Crippen LogP) is 1.04. The van der Waals surface area contributed by atoms with Gasteiger partial charge in [-0.05, 0) is 19.0 Å². The van der Waals surface area contributed by atoms with Gasteiger partial charge >= 0.3 is 0 Å². The molecule has 5 nitrogen and oxygen atoms in total. The van der Waals surface area contributed by atoms with Crippen LogP contribution < -0.4 is 5.73 Å². The number of pyridine rings is 1. The number of aromatic nitrogens is 1. The molecule has 96 valence electrons. The van der Waals surface area contributed by atoms with Gasteiger partial charge in [0.15, 0.2) is 0 Å². The number of nitriles is 1. The zero-order valence-electron chi connectivity index (χ0n) is 10.6. The Hall–Kier alpha value is -1.93. The SMILES string of the molecule is CCCCN(CC(N)=O)Cc1cccnc1C#N. The van der Waals surface area contributed by atoms with Crippen molar-refractivity contribution in [1.82, 2.24) is 9.88 Å². The topological polar surface area (TPSA) is 83.0 Å². The monoisotopic (exact) mass is 246 g/mol. The predicted molar refractivity (Wildman–Crippen MR) is 68.3 cm³/mol. The van der Waals surface area contributed by atoms with Gasteiger partial charge in [0.05, 0.1) is 6.54 Å². The molecular formula is C13H18N4O. The summed E-state index contributed by atoms with van der Waals surface area (Å²) in [5.41, 5.74) is 6.46. The highest BCUT2D eigenvalue weighted by Gasteiger charge is 2.11. The molecule has 0 aliphatic rings. The Bertz CT molecular complexity index is 439. The minimum Gasteiger partial charge on any atom is -0.369 e. The van der Waals surface area contributed by atoms with E-state index in [1.54, 1.807) is 12.3 Å². The highest BCUT2D eigenvalue weighted by Crippen LogP contribution is 2.09. The molecule has 0 aliphatic heterocycles. The van der Waals surface area contributed by atoms with Crippen LogP contribution in [0.3, 0.4) is 0 Å². The molecule has 1 heterocycles. The number of hydrogen-bond donors (Lipinski definition) is 1. The first kappa shape index (κ1) is 14.1. The van der Waals surface area contributed by atoms with E-state index in [0.29, 0.717) is 12.2 Å². The van der Waals surface area contributed by atoms with Gasteiger partial charge < -0.3 is 5.73 Å². The van der Waals surface area contributed by atoms with Crippen LogP contribution in [-0.2, 0) is 11.3 Å². The van der Waals surface area contributed by atoms with E-state index >= 15 is 0 Å². The Morgan fingerprint density at radius 2 is 2.39 bits per heavy atom. The molecule has 5 heteroatoms. The minimum absolute atomic E-state index is 0.208. The molecule has 1 rings (SSSR count). The zero-order valence-corrected chi connectivity index (χ0v) is 10.6. The lowest BCUT2D eigenvalue weighted by Gasteiger charge is -2.20. The van der Waals surface area contributed by atoms with Gasteiger partial charge in [0, 0.05) is 18.3 Å². The maximum absolute atomic E-state index is 11.0. The maximum Gasteiger partial charge on any atom is 0.231 e. The van der Waals surface area contributed by atoms with Crippen molar-refractivity contribution >= 4 is 5.91 Å². The van der Waals surface area contributed by atoms with E-state index in [-0.39, 0.29) is 12.5 Å². The van der Waals surface area contributed by atoms with Crippen LogP contribution in [0.2, 0.25) is 0 Å². The van der Waals surface area contributed by atoms with Crippen LogP contribution in [0.4, 0.5) is 0 Å². The summed E-state index contributed by atoms with van der Waals surface area (Å²) >= 11 is 0. The van der Waals surface area contributed by atoms with Gasteiger partial charge in [0.1, 0.15) is 11.8 Å². The second-order valence-corrected chi connectivity index (χ2v) is 4.15. The molecule has 0 aromatic carbocycles. The van der Waals surface area contributed by atoms with Gasteiger partial charge in [0.25, 0.3) is 0 Å². The van der Waals surface area contributed by atoms with Gasteiger partial charge in [-0.3, -0.25) is 9.69 Å². The van der Waals surface area contributed by atoms with Gasteiger partial charge in [0.2, 0.25) is 5.91 Å². The lowest BCUT2D eigenvalue weighted by atomic mass is 10.2. The molecule has 1 aromatic heterocycles. The second-order valence-electron chi connectivity index (χ2n) is 4.15. The lowest BCUT2D eigenvalue weighted by Crippen LogP contribution is -2.34. The fourth-order valence-corrected chi connectivity index (χ4v) is 1.72. The van der Waals surface area contributed by atoms with E-state index < -0.39 is 0 Å². The zero-order chi connectivity index (χ0) is 13.4. The third kappa shape index (κ3) is 4.52. The molecule has 0 saturated heterocycles. The molecule has 2 N–H and O–H groups in total. The Balaban J connectivity index is 2.75. The smallest absolute Gasteiger partial charge is 0.231 e. The Morgan fingerprint density at radius 3 is 3.00 bits per heavy atom. The van der Waals surface area contributed by atoms with Crippen LogP contribution in [0.1, 0.15) is 31.0 Å². The summed E-state index contributed by atoms with van der Waals surface area (Å²) in [5, 5.41) is 8.97. The summed E-state index contributed by atoms with van der Waals surface area (Å²) < 4.78 is 0. The van der Waals surface area contributed by atoms with Gasteiger partial charge in [-0.1, -0.05) is 19.4 Å². The molecule has 1 amide bonds. The van der Waals surface area contributed by atoms with Gasteiger partial charge in [-0.2, -0.15) is 5.26 Å². The lowest BCUT2D eigenvalue weighted by molar-refractivity contribution is -0.119. The summed E-state index contributed by atoms with van der Waals surface area (Å²) in [6.45, 7) is 3.62. The number of carbonyl (C=O) groups excluding carboxylic acids is 1. The number of amides is 1. The van der Waals surface area contributed by atoms with E-state index in [1.807, 2.05) is 11.0 Å². The molecule has 0 atom stereocenters. The molecule has 0 aliphatic carbocycles. The summed E-state index contributed by atoms with van der Waals surface area (Å²) in [6, 6.07) is 5.70. The van der Waals surface area contributed by atoms with Crippen LogP contribution in [0, 0.1) is 11.3 Å². The second kappa shape index (κ2) is 7.41. The molecule has 0 fully saturated rings. The normalized spacial score (nSPS) is 10.3. The fourth-order valence-electron chi connectivity index (χ4n) is 1.72. The number of hydrogen-bond acceptors (Lipinski definition) is 4. The minimum atomic E-state index is -0.353. The standard InChI is InChI=1S/C13H18N4O/c1-2-3-7-17(10-13(15)18)9-11-5-4-6-16-12(11)8-14/h4-6H,2-3,7,9-10H2,1H3,(H2,15,18). The summed E-state index contributed by atoms with van der Waals surface area (Å²) in [7, 11) is 0. The number of nitrogens with two attached hydrogens (primary N) is 1. The molecule has 0 saturated carbocycles. The number of nitrogens with zero attached hydrogens (tertiary/aromatic N) is 3. The molecule has 0 unspecified atom stereocenters. The number of unbranched alkanes of at least 4 members (excludes halogenated alkanes) is 1. The highest BCUT2D eigenvalue weighted by molar-refractivity contribution is 5.75. The summed E-state index contributed by atoms with van der Waals surface area (Å²) in [5.74, 6) is -0.353. The van der Waals surface area contributed by atoms with Crippen molar-refractivity contribution < 1.29 is 4.79 Å². The molecule has 0 bridgehead atoms. The summed E-state index contributed by atoms with van der Waals surface area (Å²) in [4.78, 5) is 17.0. The highest BCUT2D eigenvalue weighted by atomic mass is 16.1. The van der Waals surface area contributed by atoms with Gasteiger partial charge in [-0.25, -0.2) is 4.98 Å². The third-order valence-corrected chi connectivity index (χ3v) is 2.60. The first-order valence-electron chi connectivity index (χ1n) is 6.02. The van der Waals surface area contributed by atoms with Crippen molar-refractivity contribution in [3.63, 3.8) is 0 Å². The van der Waals surface area contributed by atoms with E-state index in [0.717, 1.165) is 24.9 Å². The molecular weight excluding hydrogens is 228 g/mol. The van der Waals surface area contributed by atoms with E-state index in [1.165, 1.54) is 0 Å². The van der Waals surface area contributed by atoms with Crippen molar-refractivity contribution in [3.05, 3.63) is 29.6 Å². The van der Waals surface area contributed by atoms with Gasteiger partial charge in [-0.15, -0.1) is 0 Å². The van der Waals surface area contributed by atoms with Crippen LogP contribution in [0.15, 0.2) is 18.3 Å². The number of primary amides is 1. The quantitative estimate of drug-likeness (QED) is 0.779. The first-order chi connectivity index (χ1) is 8.67. The van der Waals surface area contributed by atoms with Crippen molar-refractivity contribution in [2.45, 2.75) is 26.3 Å².